The number of hydrogen-bond donors (Lipinski definition) is 2. The molecule has 0 heterocycles. The van der Waals surface area contributed by atoms with Crippen molar-refractivity contribution in [1.82, 2.24) is 5.32 Å². The van der Waals surface area contributed by atoms with Gasteiger partial charge in [-0.25, -0.2) is 4.39 Å². The third kappa shape index (κ3) is 3.82. The fraction of sp³-hybridized carbons (Fsp3) is 0.188. The van der Waals surface area contributed by atoms with Crippen LogP contribution in [0.1, 0.15) is 21.5 Å². The average Bonchev–Trinajstić information content (AvgIpc) is 2.40. The molecule has 0 saturated heterocycles. The molecule has 4 heteroatoms. The molecule has 0 bridgehead atoms. The fourth-order valence-corrected chi connectivity index (χ4v) is 1.95. The number of benzene rings is 2. The predicted octanol–water partition coefficient (Wildman–Crippen LogP) is 2.81. The highest BCUT2D eigenvalue weighted by molar-refractivity contribution is 5.94. The number of aryl methyl sites for hydroxylation is 1. The molecule has 2 aromatic rings. The van der Waals surface area contributed by atoms with Gasteiger partial charge < -0.3 is 10.4 Å². The molecule has 0 radical (unpaired) electrons. The van der Waals surface area contributed by atoms with E-state index in [0.717, 1.165) is 5.56 Å². The van der Waals surface area contributed by atoms with Crippen molar-refractivity contribution in [1.29, 1.82) is 0 Å². The molecule has 0 aliphatic rings. The first-order chi connectivity index (χ1) is 9.54. The van der Waals surface area contributed by atoms with Crippen LogP contribution in [0.2, 0.25) is 0 Å². The van der Waals surface area contributed by atoms with Gasteiger partial charge in [0.1, 0.15) is 11.6 Å². The number of hydrogen-bond acceptors (Lipinski definition) is 2. The summed E-state index contributed by atoms with van der Waals surface area (Å²) >= 11 is 0. The van der Waals surface area contributed by atoms with Crippen LogP contribution in [-0.2, 0) is 6.42 Å². The quantitative estimate of drug-likeness (QED) is 0.900. The Hall–Kier alpha value is -2.36. The van der Waals surface area contributed by atoms with E-state index < -0.39 is 5.82 Å². The van der Waals surface area contributed by atoms with Gasteiger partial charge in [-0.05, 0) is 54.8 Å². The number of rotatable bonds is 4. The Morgan fingerprint density at radius 2 is 1.90 bits per heavy atom. The zero-order chi connectivity index (χ0) is 14.5. The minimum atomic E-state index is -0.409. The van der Waals surface area contributed by atoms with Crippen molar-refractivity contribution in [2.24, 2.45) is 0 Å². The van der Waals surface area contributed by atoms with Crippen LogP contribution in [0.3, 0.4) is 0 Å². The number of halogens is 1. The number of aromatic hydroxyl groups is 1. The van der Waals surface area contributed by atoms with E-state index in [9.17, 15) is 9.18 Å². The van der Waals surface area contributed by atoms with Crippen LogP contribution in [-0.4, -0.2) is 17.6 Å². The summed E-state index contributed by atoms with van der Waals surface area (Å²) in [5.74, 6) is -0.479. The molecule has 0 unspecified atom stereocenters. The Kier molecular flexibility index (Phi) is 4.35. The molecule has 3 nitrogen and oxygen atoms in total. The number of amides is 1. The lowest BCUT2D eigenvalue weighted by molar-refractivity contribution is 0.0953. The van der Waals surface area contributed by atoms with E-state index in [1.54, 1.807) is 37.3 Å². The first-order valence-corrected chi connectivity index (χ1v) is 6.38. The van der Waals surface area contributed by atoms with Crippen molar-refractivity contribution in [3.05, 3.63) is 65.0 Å². The third-order valence-corrected chi connectivity index (χ3v) is 2.94. The van der Waals surface area contributed by atoms with Gasteiger partial charge in [0.25, 0.3) is 5.91 Å². The van der Waals surface area contributed by atoms with Crippen molar-refractivity contribution in [2.75, 3.05) is 6.54 Å². The highest BCUT2D eigenvalue weighted by atomic mass is 19.1. The van der Waals surface area contributed by atoms with E-state index in [1.807, 2.05) is 0 Å². The zero-order valence-corrected chi connectivity index (χ0v) is 11.2. The van der Waals surface area contributed by atoms with Gasteiger partial charge in [0, 0.05) is 12.1 Å². The number of nitrogens with one attached hydrogen (secondary N) is 1. The number of phenols is 1. The maximum absolute atomic E-state index is 13.2. The maximum atomic E-state index is 13.2. The lowest BCUT2D eigenvalue weighted by Gasteiger charge is -2.06. The molecule has 0 saturated carbocycles. The number of phenolic OH excluding ortho intramolecular Hbond substituents is 1. The van der Waals surface area contributed by atoms with Crippen LogP contribution in [0.4, 0.5) is 4.39 Å². The highest BCUT2D eigenvalue weighted by Gasteiger charge is 2.07. The standard InChI is InChI=1S/C16H16FNO2/c1-11-8-13(10-14(17)9-11)16(20)18-7-6-12-2-4-15(19)5-3-12/h2-5,8-10,19H,6-7H2,1H3,(H,18,20). The van der Waals surface area contributed by atoms with Gasteiger partial charge >= 0.3 is 0 Å². The second-order valence-corrected chi connectivity index (χ2v) is 4.69. The van der Waals surface area contributed by atoms with Crippen molar-refractivity contribution < 1.29 is 14.3 Å². The molecule has 0 aliphatic carbocycles. The molecular formula is C16H16FNO2. The van der Waals surface area contributed by atoms with Crippen molar-refractivity contribution in [2.45, 2.75) is 13.3 Å². The number of carbonyl (C=O) groups excluding carboxylic acids is 1. The van der Waals surface area contributed by atoms with Gasteiger partial charge in [-0.15, -0.1) is 0 Å². The Morgan fingerprint density at radius 3 is 2.55 bits per heavy atom. The molecule has 0 aromatic heterocycles. The molecule has 0 aliphatic heterocycles. The van der Waals surface area contributed by atoms with Crippen LogP contribution >= 0.6 is 0 Å². The molecular weight excluding hydrogens is 257 g/mol. The summed E-state index contributed by atoms with van der Waals surface area (Å²) in [4.78, 5) is 11.9. The van der Waals surface area contributed by atoms with E-state index in [2.05, 4.69) is 5.32 Å². The van der Waals surface area contributed by atoms with Gasteiger partial charge in [0.05, 0.1) is 0 Å². The van der Waals surface area contributed by atoms with Crippen LogP contribution in [0.25, 0.3) is 0 Å². The van der Waals surface area contributed by atoms with Crippen molar-refractivity contribution >= 4 is 5.91 Å². The SMILES string of the molecule is Cc1cc(F)cc(C(=O)NCCc2ccc(O)cc2)c1. The average molecular weight is 273 g/mol. The van der Waals surface area contributed by atoms with E-state index in [0.29, 0.717) is 24.1 Å². The summed E-state index contributed by atoms with van der Waals surface area (Å²) in [6.45, 7) is 2.20. The molecule has 0 atom stereocenters. The second kappa shape index (κ2) is 6.19. The Balaban J connectivity index is 1.90. The van der Waals surface area contributed by atoms with Gasteiger partial charge in [-0.3, -0.25) is 4.79 Å². The van der Waals surface area contributed by atoms with E-state index in [4.69, 9.17) is 5.11 Å². The predicted molar refractivity (Wildman–Crippen MR) is 75.3 cm³/mol. The van der Waals surface area contributed by atoms with Gasteiger partial charge in [0.15, 0.2) is 0 Å². The second-order valence-electron chi connectivity index (χ2n) is 4.69. The molecule has 2 N–H and O–H groups in total. The molecule has 0 spiro atoms. The van der Waals surface area contributed by atoms with Crippen LogP contribution in [0.15, 0.2) is 42.5 Å². The minimum Gasteiger partial charge on any atom is -0.508 e. The molecule has 2 aromatic carbocycles. The highest BCUT2D eigenvalue weighted by Crippen LogP contribution is 2.10. The van der Waals surface area contributed by atoms with Gasteiger partial charge in [-0.2, -0.15) is 0 Å². The zero-order valence-electron chi connectivity index (χ0n) is 11.2. The van der Waals surface area contributed by atoms with E-state index in [-0.39, 0.29) is 11.7 Å². The van der Waals surface area contributed by atoms with Crippen LogP contribution in [0, 0.1) is 12.7 Å². The Bertz CT molecular complexity index is 588. The topological polar surface area (TPSA) is 49.3 Å². The van der Waals surface area contributed by atoms with Crippen molar-refractivity contribution in [3.63, 3.8) is 0 Å². The monoisotopic (exact) mass is 273 g/mol. The van der Waals surface area contributed by atoms with Crippen LogP contribution in [0.5, 0.6) is 5.75 Å². The minimum absolute atomic E-state index is 0.216. The smallest absolute Gasteiger partial charge is 0.251 e. The molecule has 20 heavy (non-hydrogen) atoms. The first-order valence-electron chi connectivity index (χ1n) is 6.38. The normalized spacial score (nSPS) is 10.3. The Morgan fingerprint density at radius 1 is 1.20 bits per heavy atom. The third-order valence-electron chi connectivity index (χ3n) is 2.94. The number of carbonyl (C=O) groups is 1. The fourth-order valence-electron chi connectivity index (χ4n) is 1.95. The van der Waals surface area contributed by atoms with Gasteiger partial charge in [0.2, 0.25) is 0 Å². The molecule has 0 fully saturated rings. The van der Waals surface area contributed by atoms with Crippen molar-refractivity contribution in [3.8, 4) is 5.75 Å². The molecule has 1 amide bonds. The lowest BCUT2D eigenvalue weighted by atomic mass is 10.1. The summed E-state index contributed by atoms with van der Waals surface area (Å²) in [7, 11) is 0. The maximum Gasteiger partial charge on any atom is 0.251 e. The Labute approximate surface area is 117 Å². The largest absolute Gasteiger partial charge is 0.508 e. The molecule has 2 rings (SSSR count). The summed E-state index contributed by atoms with van der Waals surface area (Å²) in [6, 6.07) is 11.1. The lowest BCUT2D eigenvalue weighted by Crippen LogP contribution is -2.25. The molecule has 104 valence electrons. The van der Waals surface area contributed by atoms with Crippen LogP contribution < -0.4 is 5.32 Å². The van der Waals surface area contributed by atoms with E-state index in [1.165, 1.54) is 12.1 Å². The summed E-state index contributed by atoms with van der Waals surface area (Å²) < 4.78 is 13.2. The summed E-state index contributed by atoms with van der Waals surface area (Å²) in [6.07, 6.45) is 0.653. The van der Waals surface area contributed by atoms with E-state index >= 15 is 0 Å². The first kappa shape index (κ1) is 14.1. The van der Waals surface area contributed by atoms with Gasteiger partial charge in [-0.1, -0.05) is 12.1 Å². The summed E-state index contributed by atoms with van der Waals surface area (Å²) in [5, 5.41) is 11.9. The summed E-state index contributed by atoms with van der Waals surface area (Å²) in [5.41, 5.74) is 2.06.